The lowest BCUT2D eigenvalue weighted by atomic mass is 9.88. The van der Waals surface area contributed by atoms with E-state index in [0.29, 0.717) is 18.4 Å². The molecule has 0 spiro atoms. The smallest absolute Gasteiger partial charge is 0.283 e. The van der Waals surface area contributed by atoms with E-state index in [4.69, 9.17) is 0 Å². The van der Waals surface area contributed by atoms with Gasteiger partial charge in [0.05, 0.1) is 0 Å². The number of fused-ring (bicyclic) bond motifs is 2. The summed E-state index contributed by atoms with van der Waals surface area (Å²) < 4.78 is 35.1. The Bertz CT molecular complexity index is 1250. The SMILES string of the molecule is O=S(=O)(O)C1(C2=C3CC4=CCC(c5ccccc5)=CC4=C3CC=C2)C=C(Br)N=N1. The lowest BCUT2D eigenvalue weighted by Crippen LogP contribution is -2.36. The molecule has 3 aliphatic carbocycles. The van der Waals surface area contributed by atoms with Crippen LogP contribution >= 0.6 is 15.9 Å². The van der Waals surface area contributed by atoms with Crippen LogP contribution in [0, 0.1) is 0 Å². The first-order chi connectivity index (χ1) is 13.9. The van der Waals surface area contributed by atoms with Crippen molar-refractivity contribution in [2.24, 2.45) is 10.2 Å². The van der Waals surface area contributed by atoms with Crippen LogP contribution in [0.25, 0.3) is 5.57 Å². The van der Waals surface area contributed by atoms with Crippen LogP contribution in [0.4, 0.5) is 0 Å². The number of benzene rings is 1. The van der Waals surface area contributed by atoms with Crippen molar-refractivity contribution < 1.29 is 13.0 Å². The van der Waals surface area contributed by atoms with Crippen LogP contribution in [0.3, 0.4) is 0 Å². The Hall–Kier alpha value is -2.35. The minimum absolute atomic E-state index is 0.289. The van der Waals surface area contributed by atoms with E-state index in [2.05, 4.69) is 50.4 Å². The molecule has 0 radical (unpaired) electrons. The van der Waals surface area contributed by atoms with Gasteiger partial charge in [-0.15, -0.1) is 5.11 Å². The third kappa shape index (κ3) is 2.87. The molecule has 1 aromatic carbocycles. The summed E-state index contributed by atoms with van der Waals surface area (Å²) in [6.07, 6.45) is 11.6. The second-order valence-corrected chi connectivity index (χ2v) is 9.76. The van der Waals surface area contributed by atoms with Crippen LogP contribution in [0.15, 0.2) is 103 Å². The van der Waals surface area contributed by atoms with E-state index in [1.165, 1.54) is 22.8 Å². The molecule has 146 valence electrons. The molecule has 5 nitrogen and oxygen atoms in total. The number of hydrogen-bond acceptors (Lipinski definition) is 4. The summed E-state index contributed by atoms with van der Waals surface area (Å²) in [6, 6.07) is 10.3. The molecule has 0 aromatic heterocycles. The topological polar surface area (TPSA) is 79.1 Å². The molecule has 1 aliphatic heterocycles. The summed E-state index contributed by atoms with van der Waals surface area (Å²) in [5.41, 5.74) is 7.24. The molecule has 5 rings (SSSR count). The second kappa shape index (κ2) is 6.58. The third-order valence-corrected chi connectivity index (χ3v) is 7.35. The van der Waals surface area contributed by atoms with Crippen molar-refractivity contribution in [2.45, 2.75) is 24.1 Å². The highest BCUT2D eigenvalue weighted by Gasteiger charge is 2.50. The molecule has 0 saturated heterocycles. The van der Waals surface area contributed by atoms with E-state index >= 15 is 0 Å². The number of nitrogens with zero attached hydrogens (tertiary/aromatic N) is 2. The van der Waals surface area contributed by atoms with Gasteiger partial charge in [-0.1, -0.05) is 54.6 Å². The van der Waals surface area contributed by atoms with Gasteiger partial charge in [0, 0.05) is 11.6 Å². The fourth-order valence-electron chi connectivity index (χ4n) is 4.39. The molecule has 0 saturated carbocycles. The maximum atomic E-state index is 12.4. The van der Waals surface area contributed by atoms with Crippen LogP contribution in [0.1, 0.15) is 24.8 Å². The highest BCUT2D eigenvalue weighted by atomic mass is 79.9. The van der Waals surface area contributed by atoms with Gasteiger partial charge in [0.2, 0.25) is 0 Å². The summed E-state index contributed by atoms with van der Waals surface area (Å²) >= 11 is 3.19. The maximum absolute atomic E-state index is 12.4. The quantitative estimate of drug-likeness (QED) is 0.460. The standard InChI is InChI=1S/C22H17BrN2O3S/c23-21-13-22(25-24-21,29(26,27)28)20-8-4-7-17-18-11-15(14-5-2-1-3-6-14)9-10-16(18)12-19(17)20/h1-6,8,10-11,13H,7,9,12H2,(H,26,27,28). The summed E-state index contributed by atoms with van der Waals surface area (Å²) in [7, 11) is -4.56. The summed E-state index contributed by atoms with van der Waals surface area (Å²) in [6.45, 7) is 0. The Morgan fingerprint density at radius 1 is 1.07 bits per heavy atom. The van der Waals surface area contributed by atoms with Gasteiger partial charge in [-0.05, 0) is 68.6 Å². The van der Waals surface area contributed by atoms with Crippen molar-refractivity contribution in [3.8, 4) is 0 Å². The van der Waals surface area contributed by atoms with Crippen LogP contribution in [0.2, 0.25) is 0 Å². The molecule has 0 fully saturated rings. The molecule has 1 unspecified atom stereocenters. The van der Waals surface area contributed by atoms with Gasteiger partial charge in [0.25, 0.3) is 4.87 Å². The number of azo groups is 1. The highest BCUT2D eigenvalue weighted by molar-refractivity contribution is 9.11. The first-order valence-corrected chi connectivity index (χ1v) is 11.5. The molecule has 1 N–H and O–H groups in total. The number of allylic oxidation sites excluding steroid dienone is 8. The van der Waals surface area contributed by atoms with Crippen molar-refractivity contribution in [3.05, 3.63) is 98.7 Å². The highest BCUT2D eigenvalue weighted by Crippen LogP contribution is 2.50. The van der Waals surface area contributed by atoms with E-state index in [9.17, 15) is 13.0 Å². The lowest BCUT2D eigenvalue weighted by molar-refractivity contribution is 0.460. The number of rotatable bonds is 3. The second-order valence-electron chi connectivity index (χ2n) is 7.38. The predicted octanol–water partition coefficient (Wildman–Crippen LogP) is 5.64. The Morgan fingerprint density at radius 2 is 1.86 bits per heavy atom. The normalized spacial score (nSPS) is 25.7. The van der Waals surface area contributed by atoms with Gasteiger partial charge < -0.3 is 0 Å². The molecular formula is C22H17BrN2O3S. The zero-order valence-corrected chi connectivity index (χ0v) is 17.7. The van der Waals surface area contributed by atoms with Crippen molar-refractivity contribution in [2.75, 3.05) is 0 Å². The van der Waals surface area contributed by atoms with Crippen molar-refractivity contribution in [1.29, 1.82) is 0 Å². The fourth-order valence-corrected chi connectivity index (χ4v) is 5.83. The first-order valence-electron chi connectivity index (χ1n) is 9.26. The summed E-state index contributed by atoms with van der Waals surface area (Å²) in [4.78, 5) is -1.90. The molecule has 4 aliphatic rings. The average molecular weight is 469 g/mol. The number of hydrogen-bond donors (Lipinski definition) is 1. The molecule has 1 aromatic rings. The number of halogens is 1. The van der Waals surface area contributed by atoms with E-state index in [-0.39, 0.29) is 4.61 Å². The summed E-state index contributed by atoms with van der Waals surface area (Å²) in [5.74, 6) is 0. The lowest BCUT2D eigenvalue weighted by Gasteiger charge is -2.25. The largest absolute Gasteiger partial charge is 0.301 e. The van der Waals surface area contributed by atoms with Crippen molar-refractivity contribution >= 4 is 31.6 Å². The van der Waals surface area contributed by atoms with Gasteiger partial charge >= 0.3 is 10.1 Å². The minimum Gasteiger partial charge on any atom is -0.283 e. The fraction of sp³-hybridized carbons (Fsp3) is 0.182. The van der Waals surface area contributed by atoms with Gasteiger partial charge in [0.15, 0.2) is 0 Å². The molecule has 29 heavy (non-hydrogen) atoms. The van der Waals surface area contributed by atoms with Gasteiger partial charge in [-0.3, -0.25) is 4.55 Å². The van der Waals surface area contributed by atoms with Crippen LogP contribution < -0.4 is 0 Å². The molecule has 0 amide bonds. The van der Waals surface area contributed by atoms with Crippen LogP contribution in [0.5, 0.6) is 0 Å². The molecule has 0 bridgehead atoms. The molecule has 1 atom stereocenters. The molecule has 1 heterocycles. The zero-order chi connectivity index (χ0) is 20.2. The van der Waals surface area contributed by atoms with E-state index in [1.54, 1.807) is 6.08 Å². The van der Waals surface area contributed by atoms with E-state index in [1.807, 2.05) is 24.3 Å². The minimum atomic E-state index is -4.56. The monoisotopic (exact) mass is 468 g/mol. The van der Waals surface area contributed by atoms with Crippen molar-refractivity contribution in [3.63, 3.8) is 0 Å². The van der Waals surface area contributed by atoms with Gasteiger partial charge in [-0.2, -0.15) is 13.5 Å². The van der Waals surface area contributed by atoms with Gasteiger partial charge in [-0.25, -0.2) is 0 Å². The molecular weight excluding hydrogens is 452 g/mol. The Labute approximate surface area is 177 Å². The Kier molecular flexibility index (Phi) is 4.24. The van der Waals surface area contributed by atoms with Crippen molar-refractivity contribution in [1.82, 2.24) is 0 Å². The van der Waals surface area contributed by atoms with Crippen LogP contribution in [-0.4, -0.2) is 17.8 Å². The zero-order valence-electron chi connectivity index (χ0n) is 15.3. The maximum Gasteiger partial charge on any atom is 0.301 e. The molecule has 7 heteroatoms. The first kappa shape index (κ1) is 18.7. The van der Waals surface area contributed by atoms with E-state index in [0.717, 1.165) is 23.1 Å². The predicted molar refractivity (Wildman–Crippen MR) is 116 cm³/mol. The van der Waals surface area contributed by atoms with E-state index < -0.39 is 15.0 Å². The summed E-state index contributed by atoms with van der Waals surface area (Å²) in [5, 5.41) is 7.81. The Balaban J connectivity index is 1.69. The third-order valence-electron chi connectivity index (χ3n) is 5.75. The Morgan fingerprint density at radius 3 is 2.55 bits per heavy atom. The average Bonchev–Trinajstić information content (AvgIpc) is 3.29. The van der Waals surface area contributed by atoms with Crippen LogP contribution in [-0.2, 0) is 10.1 Å². The van der Waals surface area contributed by atoms with Gasteiger partial charge in [0.1, 0.15) is 4.61 Å².